The monoisotopic (exact) mass is 367 g/mol. The van der Waals surface area contributed by atoms with Crippen LogP contribution in [-0.2, 0) is 6.18 Å². The van der Waals surface area contributed by atoms with Gasteiger partial charge in [-0.05, 0) is 18.2 Å². The van der Waals surface area contributed by atoms with E-state index in [0.29, 0.717) is 0 Å². The molecule has 0 bridgehead atoms. The maximum atomic E-state index is 12.8. The normalized spacial score (nSPS) is 11.4. The number of rotatable bonds is 2. The van der Waals surface area contributed by atoms with Crippen molar-refractivity contribution in [3.8, 4) is 0 Å². The Morgan fingerprint density at radius 2 is 2.05 bits per heavy atom. The minimum Gasteiger partial charge on any atom is -0.339 e. The number of anilines is 2. The summed E-state index contributed by atoms with van der Waals surface area (Å²) in [6.07, 6.45) is -3.40. The van der Waals surface area contributed by atoms with Crippen LogP contribution in [0.1, 0.15) is 5.56 Å². The molecule has 0 aliphatic rings. The molecule has 0 amide bonds. The van der Waals surface area contributed by atoms with Gasteiger partial charge < -0.3 is 10.3 Å². The van der Waals surface area contributed by atoms with Crippen LogP contribution >= 0.6 is 27.5 Å². The Hall–Kier alpha value is -1.54. The number of aromatic nitrogens is 2. The Balaban J connectivity index is 2.40. The summed E-state index contributed by atoms with van der Waals surface area (Å²) in [5.74, 6) is -0.0223. The Labute approximate surface area is 124 Å². The van der Waals surface area contributed by atoms with Crippen molar-refractivity contribution in [3.63, 3.8) is 0 Å². The van der Waals surface area contributed by atoms with Gasteiger partial charge in [-0.2, -0.15) is 13.2 Å². The number of alkyl halides is 3. The number of H-pyrrole nitrogens is 1. The molecule has 1 heterocycles. The molecular weight excluding hydrogens is 362 g/mol. The molecule has 2 aromatic rings. The summed E-state index contributed by atoms with van der Waals surface area (Å²) in [5, 5.41) is 2.34. The van der Waals surface area contributed by atoms with Crippen LogP contribution in [0.3, 0.4) is 0 Å². The molecule has 0 aliphatic carbocycles. The zero-order valence-corrected chi connectivity index (χ0v) is 11.9. The molecule has 106 valence electrons. The van der Waals surface area contributed by atoms with E-state index in [9.17, 15) is 18.0 Å². The van der Waals surface area contributed by atoms with Gasteiger partial charge >= 0.3 is 6.18 Å². The SMILES string of the molecule is O=c1[nH]cnc(Nc2ccc(Br)c(C(F)(F)F)c2)c1Cl. The van der Waals surface area contributed by atoms with Crippen LogP contribution in [0.4, 0.5) is 24.7 Å². The number of nitrogens with one attached hydrogen (secondary N) is 2. The van der Waals surface area contributed by atoms with E-state index in [-0.39, 0.29) is 21.0 Å². The van der Waals surface area contributed by atoms with Crippen molar-refractivity contribution in [1.29, 1.82) is 0 Å². The van der Waals surface area contributed by atoms with Crippen molar-refractivity contribution in [3.05, 3.63) is 49.9 Å². The van der Waals surface area contributed by atoms with Gasteiger partial charge in [0, 0.05) is 10.2 Å². The van der Waals surface area contributed by atoms with Crippen molar-refractivity contribution < 1.29 is 13.2 Å². The average molecular weight is 369 g/mol. The van der Waals surface area contributed by atoms with Crippen LogP contribution in [0.2, 0.25) is 5.02 Å². The number of benzene rings is 1. The number of nitrogens with zero attached hydrogens (tertiary/aromatic N) is 1. The summed E-state index contributed by atoms with van der Waals surface area (Å²) in [4.78, 5) is 17.3. The van der Waals surface area contributed by atoms with E-state index in [2.05, 4.69) is 31.2 Å². The molecule has 0 atom stereocenters. The minimum atomic E-state index is -4.50. The predicted octanol–water partition coefficient (Wildman–Crippen LogP) is 3.95. The number of halogens is 5. The molecular formula is C11H6BrClF3N3O. The van der Waals surface area contributed by atoms with Gasteiger partial charge in [0.25, 0.3) is 5.56 Å². The highest BCUT2D eigenvalue weighted by Gasteiger charge is 2.33. The fraction of sp³-hybridized carbons (Fsp3) is 0.0909. The van der Waals surface area contributed by atoms with Crippen LogP contribution in [-0.4, -0.2) is 9.97 Å². The first-order valence-corrected chi connectivity index (χ1v) is 6.33. The van der Waals surface area contributed by atoms with E-state index < -0.39 is 17.3 Å². The Kier molecular flexibility index (Phi) is 4.05. The average Bonchev–Trinajstić information content (AvgIpc) is 2.36. The smallest absolute Gasteiger partial charge is 0.339 e. The fourth-order valence-electron chi connectivity index (χ4n) is 1.43. The maximum Gasteiger partial charge on any atom is 0.417 e. The second-order valence-electron chi connectivity index (χ2n) is 3.71. The highest BCUT2D eigenvalue weighted by Crippen LogP contribution is 2.36. The molecule has 1 aromatic heterocycles. The second kappa shape index (κ2) is 5.45. The molecule has 0 saturated carbocycles. The van der Waals surface area contributed by atoms with Crippen LogP contribution in [0.25, 0.3) is 0 Å². The first-order valence-electron chi connectivity index (χ1n) is 5.16. The van der Waals surface area contributed by atoms with E-state index >= 15 is 0 Å². The van der Waals surface area contributed by atoms with Gasteiger partial charge in [-0.15, -0.1) is 0 Å². The lowest BCUT2D eigenvalue weighted by molar-refractivity contribution is -0.138. The Bertz CT molecular complexity index is 702. The van der Waals surface area contributed by atoms with Gasteiger partial charge in [-0.3, -0.25) is 4.79 Å². The topological polar surface area (TPSA) is 57.8 Å². The lowest BCUT2D eigenvalue weighted by atomic mass is 10.2. The predicted molar refractivity (Wildman–Crippen MR) is 72.3 cm³/mol. The molecule has 0 radical (unpaired) electrons. The van der Waals surface area contributed by atoms with E-state index in [4.69, 9.17) is 11.6 Å². The Morgan fingerprint density at radius 1 is 1.35 bits per heavy atom. The van der Waals surface area contributed by atoms with Crippen molar-refractivity contribution >= 4 is 39.0 Å². The number of hydrogen-bond donors (Lipinski definition) is 2. The lowest BCUT2D eigenvalue weighted by Crippen LogP contribution is -2.10. The maximum absolute atomic E-state index is 12.8. The molecule has 4 nitrogen and oxygen atoms in total. The summed E-state index contributed by atoms with van der Waals surface area (Å²) in [7, 11) is 0. The Morgan fingerprint density at radius 3 is 2.70 bits per heavy atom. The molecule has 1 aromatic carbocycles. The first kappa shape index (κ1) is 14.9. The standard InChI is InChI=1S/C11H6BrClF3N3O/c12-7-2-1-5(3-6(7)11(14,15)16)19-9-8(13)10(20)18-4-17-9/h1-4H,(H2,17,18,19,20). The van der Waals surface area contributed by atoms with Crippen LogP contribution in [0, 0.1) is 0 Å². The van der Waals surface area contributed by atoms with Crippen LogP contribution < -0.4 is 10.9 Å². The van der Waals surface area contributed by atoms with Crippen molar-refractivity contribution in [2.24, 2.45) is 0 Å². The molecule has 2 rings (SSSR count). The molecule has 9 heteroatoms. The van der Waals surface area contributed by atoms with E-state index in [1.807, 2.05) is 0 Å². The first-order chi connectivity index (χ1) is 9.29. The third kappa shape index (κ3) is 3.13. The number of hydrogen-bond acceptors (Lipinski definition) is 3. The van der Waals surface area contributed by atoms with Crippen LogP contribution in [0.5, 0.6) is 0 Å². The molecule has 20 heavy (non-hydrogen) atoms. The molecule has 0 aliphatic heterocycles. The number of aromatic amines is 1. The highest BCUT2D eigenvalue weighted by molar-refractivity contribution is 9.10. The zero-order valence-electron chi connectivity index (χ0n) is 9.55. The molecule has 2 N–H and O–H groups in total. The van der Waals surface area contributed by atoms with Crippen molar-refractivity contribution in [1.82, 2.24) is 9.97 Å². The molecule has 0 fully saturated rings. The van der Waals surface area contributed by atoms with E-state index in [0.717, 1.165) is 12.4 Å². The van der Waals surface area contributed by atoms with Gasteiger partial charge in [0.2, 0.25) is 0 Å². The third-order valence-electron chi connectivity index (χ3n) is 2.33. The van der Waals surface area contributed by atoms with Gasteiger partial charge in [0.1, 0.15) is 5.02 Å². The highest BCUT2D eigenvalue weighted by atomic mass is 79.9. The largest absolute Gasteiger partial charge is 0.417 e. The van der Waals surface area contributed by atoms with Gasteiger partial charge in [0.05, 0.1) is 11.9 Å². The summed E-state index contributed by atoms with van der Waals surface area (Å²) in [5.41, 5.74) is -1.32. The van der Waals surface area contributed by atoms with Crippen molar-refractivity contribution in [2.75, 3.05) is 5.32 Å². The summed E-state index contributed by atoms with van der Waals surface area (Å²) in [6, 6.07) is 3.54. The summed E-state index contributed by atoms with van der Waals surface area (Å²) >= 11 is 8.54. The minimum absolute atomic E-state index is 0.0223. The van der Waals surface area contributed by atoms with Crippen molar-refractivity contribution in [2.45, 2.75) is 6.18 Å². The quantitative estimate of drug-likeness (QED) is 0.844. The molecule has 0 unspecified atom stereocenters. The van der Waals surface area contributed by atoms with E-state index in [1.54, 1.807) is 0 Å². The lowest BCUT2D eigenvalue weighted by Gasteiger charge is -2.12. The van der Waals surface area contributed by atoms with Crippen LogP contribution in [0.15, 0.2) is 33.8 Å². The van der Waals surface area contributed by atoms with E-state index in [1.165, 1.54) is 12.1 Å². The third-order valence-corrected chi connectivity index (χ3v) is 3.37. The van der Waals surface area contributed by atoms with Gasteiger partial charge in [-0.1, -0.05) is 27.5 Å². The summed E-state index contributed by atoms with van der Waals surface area (Å²) < 4.78 is 38.2. The second-order valence-corrected chi connectivity index (χ2v) is 4.94. The summed E-state index contributed by atoms with van der Waals surface area (Å²) in [6.45, 7) is 0. The molecule has 0 saturated heterocycles. The fourth-order valence-corrected chi connectivity index (χ4v) is 2.05. The molecule has 0 spiro atoms. The van der Waals surface area contributed by atoms with Gasteiger partial charge in [0.15, 0.2) is 5.82 Å². The van der Waals surface area contributed by atoms with Gasteiger partial charge in [-0.25, -0.2) is 4.98 Å². The zero-order chi connectivity index (χ0) is 14.9.